The van der Waals surface area contributed by atoms with Crippen molar-refractivity contribution in [1.29, 1.82) is 0 Å². The molecule has 0 saturated carbocycles. The molecule has 10 heteroatoms. The standard InChI is InChI=1S/C28H31N3O6S/c1-6-31(19-21-13-15-29-16-14-21)26(32)12-7-22-17-20(2)27(25(18-22)28(33)37-5)30(3)38(34,35)24-10-8-23(36-4)9-11-24/h7-18H,6,19H2,1-5H3. The Bertz CT molecular complexity index is 1420. The van der Waals surface area contributed by atoms with Gasteiger partial charge in [0.15, 0.2) is 0 Å². The van der Waals surface area contributed by atoms with E-state index in [1.807, 2.05) is 19.1 Å². The van der Waals surface area contributed by atoms with E-state index in [0.29, 0.717) is 30.0 Å². The van der Waals surface area contributed by atoms with Gasteiger partial charge in [-0.25, -0.2) is 13.2 Å². The van der Waals surface area contributed by atoms with Crippen LogP contribution < -0.4 is 9.04 Å². The Balaban J connectivity index is 1.94. The van der Waals surface area contributed by atoms with Crippen molar-refractivity contribution >= 4 is 33.7 Å². The molecule has 1 amide bonds. The molecule has 0 aliphatic rings. The number of esters is 1. The van der Waals surface area contributed by atoms with Crippen LogP contribution >= 0.6 is 0 Å². The molecule has 200 valence electrons. The van der Waals surface area contributed by atoms with E-state index in [-0.39, 0.29) is 22.1 Å². The second-order valence-electron chi connectivity index (χ2n) is 8.41. The second-order valence-corrected chi connectivity index (χ2v) is 10.4. The predicted octanol–water partition coefficient (Wildman–Crippen LogP) is 4.07. The van der Waals surface area contributed by atoms with Crippen molar-refractivity contribution in [3.63, 3.8) is 0 Å². The zero-order chi connectivity index (χ0) is 27.9. The lowest BCUT2D eigenvalue weighted by molar-refractivity contribution is -0.126. The predicted molar refractivity (Wildman–Crippen MR) is 145 cm³/mol. The highest BCUT2D eigenvalue weighted by molar-refractivity contribution is 7.92. The fourth-order valence-electron chi connectivity index (χ4n) is 3.94. The Morgan fingerprint density at radius 3 is 2.26 bits per heavy atom. The third-order valence-electron chi connectivity index (χ3n) is 6.00. The fraction of sp³-hybridized carbons (Fsp3) is 0.250. The highest BCUT2D eigenvalue weighted by atomic mass is 32.2. The molecular weight excluding hydrogens is 506 g/mol. The largest absolute Gasteiger partial charge is 0.497 e. The number of aromatic nitrogens is 1. The molecule has 0 atom stereocenters. The van der Waals surface area contributed by atoms with Crippen LogP contribution in [-0.4, -0.2) is 58.0 Å². The van der Waals surface area contributed by atoms with E-state index < -0.39 is 16.0 Å². The van der Waals surface area contributed by atoms with Crippen LogP contribution in [0.15, 0.2) is 71.9 Å². The van der Waals surface area contributed by atoms with Crippen LogP contribution in [0.1, 0.15) is 34.0 Å². The van der Waals surface area contributed by atoms with Gasteiger partial charge >= 0.3 is 5.97 Å². The molecule has 3 aromatic rings. The molecule has 0 saturated heterocycles. The monoisotopic (exact) mass is 537 g/mol. The van der Waals surface area contributed by atoms with Gasteiger partial charge in [0.05, 0.1) is 30.4 Å². The maximum atomic E-state index is 13.4. The van der Waals surface area contributed by atoms with Crippen molar-refractivity contribution in [2.75, 3.05) is 32.1 Å². The molecule has 0 spiro atoms. The van der Waals surface area contributed by atoms with Gasteiger partial charge in [-0.1, -0.05) is 0 Å². The lowest BCUT2D eigenvalue weighted by Gasteiger charge is -2.24. The van der Waals surface area contributed by atoms with Gasteiger partial charge in [-0.15, -0.1) is 0 Å². The number of nitrogens with zero attached hydrogens (tertiary/aromatic N) is 3. The summed E-state index contributed by atoms with van der Waals surface area (Å²) >= 11 is 0. The summed E-state index contributed by atoms with van der Waals surface area (Å²) in [5.41, 5.74) is 2.27. The smallest absolute Gasteiger partial charge is 0.340 e. The van der Waals surface area contributed by atoms with Crippen molar-refractivity contribution in [3.8, 4) is 5.75 Å². The fourth-order valence-corrected chi connectivity index (χ4v) is 5.22. The SMILES string of the molecule is CCN(Cc1ccncc1)C(=O)C=Cc1cc(C)c(N(C)S(=O)(=O)c2ccc(OC)cc2)c(C(=O)OC)c1. The molecule has 0 aliphatic heterocycles. The Morgan fingerprint density at radius 2 is 1.68 bits per heavy atom. The third-order valence-corrected chi connectivity index (χ3v) is 7.77. The van der Waals surface area contributed by atoms with Crippen molar-refractivity contribution in [3.05, 3.63) is 89.3 Å². The third kappa shape index (κ3) is 6.38. The Morgan fingerprint density at radius 1 is 1.03 bits per heavy atom. The number of benzene rings is 2. The number of anilines is 1. The Kier molecular flexibility index (Phi) is 9.25. The number of methoxy groups -OCH3 is 2. The molecule has 38 heavy (non-hydrogen) atoms. The topological polar surface area (TPSA) is 106 Å². The summed E-state index contributed by atoms with van der Waals surface area (Å²) in [6, 6.07) is 12.9. The molecule has 0 aliphatic carbocycles. The summed E-state index contributed by atoms with van der Waals surface area (Å²) in [7, 11) is 0.0985. The molecule has 3 rings (SSSR count). The molecule has 0 fully saturated rings. The number of amides is 1. The summed E-state index contributed by atoms with van der Waals surface area (Å²) in [4.78, 5) is 31.3. The van der Waals surface area contributed by atoms with Gasteiger partial charge in [-0.3, -0.25) is 14.1 Å². The number of aryl methyl sites for hydroxylation is 1. The number of sulfonamides is 1. The van der Waals surface area contributed by atoms with Gasteiger partial charge in [-0.05, 0) is 85.1 Å². The number of carbonyl (C=O) groups excluding carboxylic acids is 2. The summed E-state index contributed by atoms with van der Waals surface area (Å²) in [5.74, 6) is -0.384. The maximum Gasteiger partial charge on any atom is 0.340 e. The number of likely N-dealkylation sites (N-methyl/N-ethyl adjacent to an activating group) is 1. The first-order valence-corrected chi connectivity index (χ1v) is 13.3. The van der Waals surface area contributed by atoms with Crippen molar-refractivity contribution in [1.82, 2.24) is 9.88 Å². The Labute approximate surface area is 223 Å². The van der Waals surface area contributed by atoms with Crippen LogP contribution in [0.25, 0.3) is 6.08 Å². The highest BCUT2D eigenvalue weighted by Crippen LogP contribution is 2.32. The zero-order valence-corrected chi connectivity index (χ0v) is 22.9. The molecule has 2 aromatic carbocycles. The lowest BCUT2D eigenvalue weighted by Crippen LogP contribution is -2.29. The van der Waals surface area contributed by atoms with E-state index in [4.69, 9.17) is 9.47 Å². The molecule has 0 N–H and O–H groups in total. The first-order valence-electron chi connectivity index (χ1n) is 11.8. The normalized spacial score (nSPS) is 11.3. The quantitative estimate of drug-likeness (QED) is 0.283. The molecule has 0 bridgehead atoms. The zero-order valence-electron chi connectivity index (χ0n) is 22.0. The van der Waals surface area contributed by atoms with Gasteiger partial charge < -0.3 is 14.4 Å². The second kappa shape index (κ2) is 12.4. The van der Waals surface area contributed by atoms with Crippen molar-refractivity contribution < 1.29 is 27.5 Å². The average molecular weight is 538 g/mol. The van der Waals surface area contributed by atoms with Gasteiger partial charge in [0.2, 0.25) is 5.91 Å². The lowest BCUT2D eigenvalue weighted by atomic mass is 10.0. The summed E-state index contributed by atoms with van der Waals surface area (Å²) in [6.45, 7) is 4.52. The maximum absolute atomic E-state index is 13.4. The summed E-state index contributed by atoms with van der Waals surface area (Å²) in [5, 5.41) is 0. The van der Waals surface area contributed by atoms with Crippen LogP contribution in [0.2, 0.25) is 0 Å². The molecular formula is C28H31N3O6S. The molecule has 1 aromatic heterocycles. The first-order chi connectivity index (χ1) is 18.1. The minimum atomic E-state index is -4.00. The van der Waals surface area contributed by atoms with Crippen LogP contribution in [0.4, 0.5) is 5.69 Å². The minimum absolute atomic E-state index is 0.0411. The summed E-state index contributed by atoms with van der Waals surface area (Å²) in [6.07, 6.45) is 6.37. The number of hydrogen-bond donors (Lipinski definition) is 0. The van der Waals surface area contributed by atoms with Crippen LogP contribution in [0, 0.1) is 6.92 Å². The molecule has 1 heterocycles. The first kappa shape index (κ1) is 28.4. The van der Waals surface area contributed by atoms with Crippen molar-refractivity contribution in [2.45, 2.75) is 25.3 Å². The molecule has 0 unspecified atom stereocenters. The van der Waals surface area contributed by atoms with E-state index in [0.717, 1.165) is 9.87 Å². The van der Waals surface area contributed by atoms with Gasteiger partial charge in [0, 0.05) is 38.6 Å². The number of ether oxygens (including phenoxy) is 2. The summed E-state index contributed by atoms with van der Waals surface area (Å²) < 4.78 is 37.9. The van der Waals surface area contributed by atoms with E-state index in [1.54, 1.807) is 48.5 Å². The van der Waals surface area contributed by atoms with E-state index in [9.17, 15) is 18.0 Å². The highest BCUT2D eigenvalue weighted by Gasteiger charge is 2.27. The van der Waals surface area contributed by atoms with E-state index in [2.05, 4.69) is 4.98 Å². The van der Waals surface area contributed by atoms with Crippen LogP contribution in [0.3, 0.4) is 0 Å². The van der Waals surface area contributed by atoms with E-state index >= 15 is 0 Å². The average Bonchev–Trinajstić information content (AvgIpc) is 2.94. The van der Waals surface area contributed by atoms with Crippen molar-refractivity contribution in [2.24, 2.45) is 0 Å². The number of rotatable bonds is 10. The minimum Gasteiger partial charge on any atom is -0.497 e. The van der Waals surface area contributed by atoms with Crippen LogP contribution in [0.5, 0.6) is 5.75 Å². The van der Waals surface area contributed by atoms with E-state index in [1.165, 1.54) is 45.5 Å². The molecule has 0 radical (unpaired) electrons. The van der Waals surface area contributed by atoms with Gasteiger partial charge in [0.25, 0.3) is 10.0 Å². The van der Waals surface area contributed by atoms with Gasteiger partial charge in [-0.2, -0.15) is 0 Å². The number of carbonyl (C=O) groups is 2. The van der Waals surface area contributed by atoms with Crippen LogP contribution in [-0.2, 0) is 26.1 Å². The number of hydrogen-bond acceptors (Lipinski definition) is 7. The number of pyridine rings is 1. The molecule has 9 nitrogen and oxygen atoms in total. The van der Waals surface area contributed by atoms with Gasteiger partial charge in [0.1, 0.15) is 5.75 Å². The Hall–Kier alpha value is -4.18.